The van der Waals surface area contributed by atoms with Crippen LogP contribution in [0.25, 0.3) is 11.4 Å². The highest BCUT2D eigenvalue weighted by atomic mass is 16.1. The predicted octanol–water partition coefficient (Wildman–Crippen LogP) is 3.56. The third-order valence-electron chi connectivity index (χ3n) is 4.44. The van der Waals surface area contributed by atoms with E-state index in [9.17, 15) is 4.79 Å². The van der Waals surface area contributed by atoms with Gasteiger partial charge in [-0.3, -0.25) is 9.78 Å². The molecule has 0 spiro atoms. The fourth-order valence-electron chi connectivity index (χ4n) is 2.78. The topological polar surface area (TPSA) is 85.6 Å². The Bertz CT molecular complexity index is 1120. The number of aromatic nitrogens is 5. The van der Waals surface area contributed by atoms with Crippen molar-refractivity contribution in [1.82, 2.24) is 24.5 Å². The Hall–Kier alpha value is -3.87. The van der Waals surface area contributed by atoms with Crippen LogP contribution in [0.3, 0.4) is 0 Å². The number of nitrogens with zero attached hydrogens (tertiary/aromatic N) is 5. The van der Waals surface area contributed by atoms with Crippen molar-refractivity contribution in [3.05, 3.63) is 84.2 Å². The van der Waals surface area contributed by atoms with E-state index in [0.717, 1.165) is 22.9 Å². The molecule has 0 saturated carbocycles. The number of carbonyl (C=O) groups is 1. The van der Waals surface area contributed by atoms with Gasteiger partial charge in [-0.25, -0.2) is 15.0 Å². The molecular weight excluding hydrogens is 352 g/mol. The van der Waals surface area contributed by atoms with Crippen molar-refractivity contribution in [2.24, 2.45) is 7.05 Å². The van der Waals surface area contributed by atoms with Crippen molar-refractivity contribution < 1.29 is 4.79 Å². The van der Waals surface area contributed by atoms with Crippen LogP contribution in [0.4, 0.5) is 11.6 Å². The highest BCUT2D eigenvalue weighted by Crippen LogP contribution is 2.20. The number of benzene rings is 1. The zero-order valence-electron chi connectivity index (χ0n) is 15.5. The Morgan fingerprint density at radius 3 is 2.46 bits per heavy atom. The molecule has 0 aliphatic carbocycles. The highest BCUT2D eigenvalue weighted by molar-refractivity contribution is 6.07. The number of rotatable bonds is 5. The number of nitrogens with one attached hydrogen (secondary N) is 1. The van der Waals surface area contributed by atoms with E-state index >= 15 is 0 Å². The molecule has 0 aliphatic heterocycles. The lowest BCUT2D eigenvalue weighted by atomic mass is 10.1. The Kier molecular flexibility index (Phi) is 4.63. The smallest absolute Gasteiger partial charge is 0.227 e. The number of imidazole rings is 1. The average molecular weight is 370 g/mol. The molecule has 0 unspecified atom stereocenters. The molecule has 7 nitrogen and oxygen atoms in total. The van der Waals surface area contributed by atoms with Crippen LogP contribution in [-0.4, -0.2) is 30.3 Å². The first kappa shape index (κ1) is 17.5. The number of pyridine rings is 1. The second-order valence-corrected chi connectivity index (χ2v) is 6.26. The van der Waals surface area contributed by atoms with Gasteiger partial charge in [-0.15, -0.1) is 0 Å². The lowest BCUT2D eigenvalue weighted by Gasteiger charge is -2.08. The number of ketones is 1. The van der Waals surface area contributed by atoms with Crippen molar-refractivity contribution in [2.45, 2.75) is 6.92 Å². The van der Waals surface area contributed by atoms with E-state index in [4.69, 9.17) is 0 Å². The predicted molar refractivity (Wildman–Crippen MR) is 106 cm³/mol. The van der Waals surface area contributed by atoms with Crippen LogP contribution in [-0.2, 0) is 7.05 Å². The van der Waals surface area contributed by atoms with Gasteiger partial charge in [0.25, 0.3) is 0 Å². The zero-order chi connectivity index (χ0) is 19.5. The van der Waals surface area contributed by atoms with Gasteiger partial charge in [-0.05, 0) is 49.4 Å². The van der Waals surface area contributed by atoms with Crippen LogP contribution in [0.2, 0.25) is 0 Å². The Morgan fingerprint density at radius 2 is 1.79 bits per heavy atom. The number of anilines is 2. The van der Waals surface area contributed by atoms with Crippen LogP contribution in [0.15, 0.2) is 67.1 Å². The van der Waals surface area contributed by atoms with E-state index in [1.807, 2.05) is 36.7 Å². The molecule has 0 atom stereocenters. The average Bonchev–Trinajstić information content (AvgIpc) is 3.07. The lowest BCUT2D eigenvalue weighted by molar-refractivity contribution is 0.103. The summed E-state index contributed by atoms with van der Waals surface area (Å²) >= 11 is 0. The normalized spacial score (nSPS) is 10.6. The molecule has 0 aliphatic rings. The van der Waals surface area contributed by atoms with Crippen molar-refractivity contribution in [1.29, 1.82) is 0 Å². The van der Waals surface area contributed by atoms with Crippen LogP contribution in [0, 0.1) is 6.92 Å². The van der Waals surface area contributed by atoms with Gasteiger partial charge in [-0.2, -0.15) is 0 Å². The zero-order valence-corrected chi connectivity index (χ0v) is 15.5. The minimum Gasteiger partial charge on any atom is -0.330 e. The van der Waals surface area contributed by atoms with E-state index in [1.165, 1.54) is 0 Å². The van der Waals surface area contributed by atoms with Gasteiger partial charge in [0.2, 0.25) is 11.7 Å². The van der Waals surface area contributed by atoms with Crippen LogP contribution in [0.5, 0.6) is 0 Å². The molecule has 3 heterocycles. The van der Waals surface area contributed by atoms with Gasteiger partial charge in [0.05, 0.1) is 17.6 Å². The quantitative estimate of drug-likeness (QED) is 0.541. The molecule has 0 radical (unpaired) electrons. The van der Waals surface area contributed by atoms with Gasteiger partial charge in [0.1, 0.15) is 11.5 Å². The fourth-order valence-corrected chi connectivity index (χ4v) is 2.78. The summed E-state index contributed by atoms with van der Waals surface area (Å²) in [4.78, 5) is 29.7. The number of hydrogen-bond acceptors (Lipinski definition) is 6. The summed E-state index contributed by atoms with van der Waals surface area (Å²) in [6.45, 7) is 1.94. The maximum absolute atomic E-state index is 12.4. The third kappa shape index (κ3) is 3.50. The maximum Gasteiger partial charge on any atom is 0.227 e. The Labute approximate surface area is 162 Å². The summed E-state index contributed by atoms with van der Waals surface area (Å²) in [5, 5.41) is 3.17. The van der Waals surface area contributed by atoms with Crippen LogP contribution >= 0.6 is 0 Å². The molecule has 0 fully saturated rings. The molecule has 7 heteroatoms. The first-order valence-electron chi connectivity index (χ1n) is 8.76. The van der Waals surface area contributed by atoms with Crippen molar-refractivity contribution >= 4 is 17.4 Å². The Morgan fingerprint density at radius 1 is 0.964 bits per heavy atom. The number of carbonyl (C=O) groups excluding carboxylic acids is 1. The van der Waals surface area contributed by atoms with Gasteiger partial charge >= 0.3 is 0 Å². The molecule has 1 N–H and O–H groups in total. The molecule has 0 bridgehead atoms. The molecule has 1 aromatic carbocycles. The van der Waals surface area contributed by atoms with E-state index in [1.54, 1.807) is 48.9 Å². The largest absolute Gasteiger partial charge is 0.330 e. The number of aryl methyl sites for hydroxylation is 1. The SMILES string of the molecule is Cc1ncc(-c2ccnc(Nc3ccc(C(=O)c4ccccn4)cc3)n2)n1C. The molecular formula is C21H18N6O. The molecule has 4 aromatic rings. The molecule has 3 aromatic heterocycles. The van der Waals surface area contributed by atoms with Gasteiger partial charge < -0.3 is 9.88 Å². The van der Waals surface area contributed by atoms with Crippen molar-refractivity contribution in [3.8, 4) is 11.4 Å². The number of hydrogen-bond donors (Lipinski definition) is 1. The molecule has 28 heavy (non-hydrogen) atoms. The first-order valence-corrected chi connectivity index (χ1v) is 8.76. The van der Waals surface area contributed by atoms with Gasteiger partial charge in [0.15, 0.2) is 0 Å². The summed E-state index contributed by atoms with van der Waals surface area (Å²) < 4.78 is 1.98. The first-order chi connectivity index (χ1) is 13.6. The summed E-state index contributed by atoms with van der Waals surface area (Å²) in [5.74, 6) is 1.27. The second kappa shape index (κ2) is 7.40. The van der Waals surface area contributed by atoms with Gasteiger partial charge in [-0.1, -0.05) is 6.07 Å². The van der Waals surface area contributed by atoms with E-state index in [2.05, 4.69) is 25.3 Å². The van der Waals surface area contributed by atoms with E-state index in [0.29, 0.717) is 17.2 Å². The highest BCUT2D eigenvalue weighted by Gasteiger charge is 2.11. The summed E-state index contributed by atoms with van der Waals surface area (Å²) in [6.07, 6.45) is 5.10. The summed E-state index contributed by atoms with van der Waals surface area (Å²) in [5.41, 5.74) is 3.48. The van der Waals surface area contributed by atoms with Crippen molar-refractivity contribution in [3.63, 3.8) is 0 Å². The van der Waals surface area contributed by atoms with Gasteiger partial charge in [0, 0.05) is 30.7 Å². The third-order valence-corrected chi connectivity index (χ3v) is 4.44. The van der Waals surface area contributed by atoms with E-state index in [-0.39, 0.29) is 5.78 Å². The molecule has 0 amide bonds. The van der Waals surface area contributed by atoms with Crippen LogP contribution in [0.1, 0.15) is 21.9 Å². The Balaban J connectivity index is 1.53. The van der Waals surface area contributed by atoms with Crippen molar-refractivity contribution in [2.75, 3.05) is 5.32 Å². The minimum absolute atomic E-state index is 0.114. The fraction of sp³-hybridized carbons (Fsp3) is 0.0952. The molecule has 4 rings (SSSR count). The maximum atomic E-state index is 12.4. The summed E-state index contributed by atoms with van der Waals surface area (Å²) in [6, 6.07) is 14.3. The monoisotopic (exact) mass is 370 g/mol. The van der Waals surface area contributed by atoms with Crippen LogP contribution < -0.4 is 5.32 Å². The second-order valence-electron chi connectivity index (χ2n) is 6.26. The minimum atomic E-state index is -0.114. The standard InChI is InChI=1S/C21H18N6O/c1-14-24-13-19(27(14)2)17-10-12-23-21(26-17)25-16-8-6-15(7-9-16)20(28)18-5-3-4-11-22-18/h3-13H,1-2H3,(H,23,25,26). The molecule has 138 valence electrons. The van der Waals surface area contributed by atoms with E-state index < -0.39 is 0 Å². The summed E-state index contributed by atoms with van der Waals surface area (Å²) in [7, 11) is 1.95. The molecule has 0 saturated heterocycles. The lowest BCUT2D eigenvalue weighted by Crippen LogP contribution is -2.04.